The minimum Gasteiger partial charge on any atom is -0.462 e. The van der Waals surface area contributed by atoms with Gasteiger partial charge in [0.15, 0.2) is 6.10 Å². The van der Waals surface area contributed by atoms with E-state index in [1.54, 1.807) is 0 Å². The molecule has 0 aliphatic heterocycles. The van der Waals surface area contributed by atoms with Gasteiger partial charge in [0.05, 0.1) is 6.61 Å². The van der Waals surface area contributed by atoms with Gasteiger partial charge in [-0.3, -0.25) is 14.1 Å². The lowest BCUT2D eigenvalue weighted by atomic mass is 10.1. The maximum Gasteiger partial charge on any atom is 0.469 e. The third-order valence-corrected chi connectivity index (χ3v) is 8.62. The first-order chi connectivity index (χ1) is 23.3. The van der Waals surface area contributed by atoms with Crippen LogP contribution in [-0.2, 0) is 28.2 Å². The fourth-order valence-corrected chi connectivity index (χ4v) is 5.58. The van der Waals surface area contributed by atoms with E-state index in [-0.39, 0.29) is 19.4 Å². The average Bonchev–Trinajstić information content (AvgIpc) is 3.05. The molecule has 8 nitrogen and oxygen atoms in total. The average molecular weight is 699 g/mol. The van der Waals surface area contributed by atoms with Gasteiger partial charge < -0.3 is 19.3 Å². The van der Waals surface area contributed by atoms with Crippen LogP contribution in [0.2, 0.25) is 0 Å². The summed E-state index contributed by atoms with van der Waals surface area (Å²) in [4.78, 5) is 42.7. The first kappa shape index (κ1) is 46.3. The Balaban J connectivity index is 4.00. The number of hydrogen-bond acceptors (Lipinski definition) is 6. The molecule has 9 heteroatoms. The van der Waals surface area contributed by atoms with Crippen molar-refractivity contribution < 1.29 is 37.9 Å². The Morgan fingerprint density at radius 1 is 0.542 bits per heavy atom. The second-order valence-corrected chi connectivity index (χ2v) is 14.1. The van der Waals surface area contributed by atoms with Crippen LogP contribution in [0, 0.1) is 0 Å². The quantitative estimate of drug-likeness (QED) is 0.0290. The number of carbonyl (C=O) groups excluding carboxylic acids is 2. The minimum absolute atomic E-state index is 0.194. The van der Waals surface area contributed by atoms with Crippen LogP contribution in [0.1, 0.15) is 181 Å². The predicted octanol–water partition coefficient (Wildman–Crippen LogP) is 11.4. The maximum absolute atomic E-state index is 12.4. The molecule has 0 aromatic rings. The molecule has 0 saturated heterocycles. The molecular formula is C39H71O8P. The zero-order chi connectivity index (χ0) is 35.4. The van der Waals surface area contributed by atoms with Crippen LogP contribution in [0.3, 0.4) is 0 Å². The Hall–Kier alpha value is -1.73. The molecule has 0 saturated carbocycles. The summed E-state index contributed by atoms with van der Waals surface area (Å²) < 4.78 is 26.3. The number of allylic oxidation sites excluding steroid dienone is 6. The third-order valence-electron chi connectivity index (χ3n) is 8.13. The molecule has 1 unspecified atom stereocenters. The summed E-state index contributed by atoms with van der Waals surface area (Å²) in [5, 5.41) is 0. The van der Waals surface area contributed by atoms with Crippen LogP contribution in [0.15, 0.2) is 36.5 Å². The van der Waals surface area contributed by atoms with E-state index in [4.69, 9.17) is 19.3 Å². The molecule has 0 aliphatic carbocycles. The van der Waals surface area contributed by atoms with Crippen molar-refractivity contribution in [2.24, 2.45) is 0 Å². The molecule has 0 spiro atoms. The van der Waals surface area contributed by atoms with Gasteiger partial charge >= 0.3 is 19.8 Å². The highest BCUT2D eigenvalue weighted by Gasteiger charge is 2.22. The van der Waals surface area contributed by atoms with Crippen molar-refractivity contribution in [3.8, 4) is 0 Å². The Labute approximate surface area is 293 Å². The molecule has 0 bridgehead atoms. The van der Waals surface area contributed by atoms with E-state index < -0.39 is 32.5 Å². The maximum atomic E-state index is 12.4. The Kier molecular flexibility index (Phi) is 33.8. The topological polar surface area (TPSA) is 119 Å². The van der Waals surface area contributed by atoms with Crippen molar-refractivity contribution in [1.82, 2.24) is 0 Å². The Morgan fingerprint density at radius 3 is 1.44 bits per heavy atom. The lowest BCUT2D eigenvalue weighted by molar-refractivity contribution is -0.161. The minimum atomic E-state index is -4.75. The molecule has 48 heavy (non-hydrogen) atoms. The first-order valence-electron chi connectivity index (χ1n) is 19.3. The van der Waals surface area contributed by atoms with Gasteiger partial charge in [-0.25, -0.2) is 4.57 Å². The van der Waals surface area contributed by atoms with Gasteiger partial charge in [0.1, 0.15) is 6.61 Å². The van der Waals surface area contributed by atoms with Gasteiger partial charge in [-0.2, -0.15) is 0 Å². The second kappa shape index (κ2) is 35.1. The smallest absolute Gasteiger partial charge is 0.462 e. The summed E-state index contributed by atoms with van der Waals surface area (Å²) in [5.74, 6) is -0.910. The summed E-state index contributed by atoms with van der Waals surface area (Å²) in [6.07, 6.45) is 40.0. The summed E-state index contributed by atoms with van der Waals surface area (Å²) in [7, 11) is -4.75. The van der Waals surface area contributed by atoms with Gasteiger partial charge in [0.2, 0.25) is 0 Å². The summed E-state index contributed by atoms with van der Waals surface area (Å²) in [6.45, 7) is 3.63. The van der Waals surface area contributed by atoms with E-state index in [0.29, 0.717) is 12.8 Å². The summed E-state index contributed by atoms with van der Waals surface area (Å²) in [5.41, 5.74) is 0. The van der Waals surface area contributed by atoms with Gasteiger partial charge in [-0.15, -0.1) is 0 Å². The lowest BCUT2D eigenvalue weighted by Gasteiger charge is -2.18. The van der Waals surface area contributed by atoms with Gasteiger partial charge in [-0.05, 0) is 70.6 Å². The van der Waals surface area contributed by atoms with Crippen LogP contribution in [-0.4, -0.2) is 41.0 Å². The molecule has 0 fully saturated rings. The second-order valence-electron chi connectivity index (χ2n) is 12.9. The number of hydrogen-bond donors (Lipinski definition) is 2. The molecule has 0 heterocycles. The van der Waals surface area contributed by atoms with E-state index in [1.165, 1.54) is 70.6 Å². The van der Waals surface area contributed by atoms with Crippen LogP contribution in [0.25, 0.3) is 0 Å². The monoisotopic (exact) mass is 698 g/mol. The van der Waals surface area contributed by atoms with Gasteiger partial charge in [0, 0.05) is 12.8 Å². The number of esters is 2. The third kappa shape index (κ3) is 37.1. The molecule has 280 valence electrons. The van der Waals surface area contributed by atoms with Crippen LogP contribution in [0.4, 0.5) is 0 Å². The number of ether oxygens (including phenoxy) is 2. The summed E-state index contributed by atoms with van der Waals surface area (Å²) >= 11 is 0. The predicted molar refractivity (Wildman–Crippen MR) is 198 cm³/mol. The number of rotatable bonds is 35. The number of phosphoric acid groups is 1. The fourth-order valence-electron chi connectivity index (χ4n) is 5.22. The zero-order valence-corrected chi connectivity index (χ0v) is 31.5. The van der Waals surface area contributed by atoms with E-state index in [1.807, 2.05) is 0 Å². The van der Waals surface area contributed by atoms with Crippen molar-refractivity contribution in [2.75, 3.05) is 13.2 Å². The lowest BCUT2D eigenvalue weighted by Crippen LogP contribution is -2.29. The number of phosphoric ester groups is 1. The molecule has 1 atom stereocenters. The molecule has 0 aromatic carbocycles. The standard InChI is InChI=1S/C39H71O8P/c1-3-5-7-9-11-13-15-17-19-21-23-25-27-29-31-33-38(40)45-35-37(36-46-48(42,43)44)47-39(41)34-32-30-28-26-24-22-20-18-16-14-12-10-8-6-4-2/h12,14,17-20,37H,3-11,13,15-16,21-36H2,1-2H3,(H2,42,43,44)/b14-12-,19-17-,20-18-. The van der Waals surface area contributed by atoms with Crippen LogP contribution < -0.4 is 0 Å². The van der Waals surface area contributed by atoms with Crippen LogP contribution >= 0.6 is 7.82 Å². The van der Waals surface area contributed by atoms with Crippen molar-refractivity contribution in [3.05, 3.63) is 36.5 Å². The Bertz CT molecular complexity index is 879. The van der Waals surface area contributed by atoms with E-state index in [0.717, 1.165) is 70.6 Å². The van der Waals surface area contributed by atoms with Crippen molar-refractivity contribution in [2.45, 2.75) is 187 Å². The van der Waals surface area contributed by atoms with Crippen molar-refractivity contribution >= 4 is 19.8 Å². The highest BCUT2D eigenvalue weighted by atomic mass is 31.2. The highest BCUT2D eigenvalue weighted by Crippen LogP contribution is 2.36. The molecular weight excluding hydrogens is 627 g/mol. The van der Waals surface area contributed by atoms with Gasteiger partial charge in [0.25, 0.3) is 0 Å². The summed E-state index contributed by atoms with van der Waals surface area (Å²) in [6, 6.07) is 0. The van der Waals surface area contributed by atoms with Crippen molar-refractivity contribution in [1.29, 1.82) is 0 Å². The number of carbonyl (C=O) groups is 2. The molecule has 0 rings (SSSR count). The SMILES string of the molecule is CCCCC/C=C\C/C=C\CCCCCCCC(=O)OC(COC(=O)CCCCCCC/C=C\CCCCCCCC)COP(=O)(O)O. The zero-order valence-electron chi connectivity index (χ0n) is 30.6. The van der Waals surface area contributed by atoms with E-state index in [9.17, 15) is 14.2 Å². The molecule has 0 amide bonds. The molecule has 2 N–H and O–H groups in total. The molecule has 0 aliphatic rings. The molecule has 0 radical (unpaired) electrons. The van der Waals surface area contributed by atoms with Crippen LogP contribution in [0.5, 0.6) is 0 Å². The van der Waals surface area contributed by atoms with E-state index in [2.05, 4.69) is 54.8 Å². The molecule has 0 aromatic heterocycles. The first-order valence-corrected chi connectivity index (χ1v) is 20.8. The van der Waals surface area contributed by atoms with Gasteiger partial charge in [-0.1, -0.05) is 134 Å². The normalized spacial score (nSPS) is 12.8. The number of unbranched alkanes of at least 4 members (excludes halogenated alkanes) is 19. The largest absolute Gasteiger partial charge is 0.469 e. The Morgan fingerprint density at radius 2 is 0.938 bits per heavy atom. The highest BCUT2D eigenvalue weighted by molar-refractivity contribution is 7.46. The van der Waals surface area contributed by atoms with E-state index >= 15 is 0 Å². The fraction of sp³-hybridized carbons (Fsp3) is 0.795. The van der Waals surface area contributed by atoms with Crippen molar-refractivity contribution in [3.63, 3.8) is 0 Å².